The van der Waals surface area contributed by atoms with Crippen LogP contribution in [0.2, 0.25) is 0 Å². The van der Waals surface area contributed by atoms with Crippen LogP contribution in [-0.2, 0) is 4.74 Å². The Morgan fingerprint density at radius 2 is 2.27 bits per heavy atom. The Balaban J connectivity index is 3.20. The number of hydrogen-bond acceptors (Lipinski definition) is 3. The third-order valence-electron chi connectivity index (χ3n) is 1.53. The smallest absolute Gasteiger partial charge is 0.0697 e. The van der Waals surface area contributed by atoms with Gasteiger partial charge < -0.3 is 15.6 Å². The van der Waals surface area contributed by atoms with Crippen LogP contribution in [0.25, 0.3) is 0 Å². The summed E-state index contributed by atoms with van der Waals surface area (Å²) in [5.41, 5.74) is 5.45. The van der Waals surface area contributed by atoms with Gasteiger partial charge in [0.05, 0.1) is 6.10 Å². The van der Waals surface area contributed by atoms with Gasteiger partial charge in [-0.15, -0.1) is 0 Å². The molecule has 1 atom stereocenters. The van der Waals surface area contributed by atoms with Crippen molar-refractivity contribution < 1.29 is 9.84 Å². The van der Waals surface area contributed by atoms with Crippen LogP contribution in [0.5, 0.6) is 0 Å². The van der Waals surface area contributed by atoms with Crippen molar-refractivity contribution in [3.05, 3.63) is 0 Å². The maximum Gasteiger partial charge on any atom is 0.0697 e. The van der Waals surface area contributed by atoms with Crippen molar-refractivity contribution in [3.63, 3.8) is 0 Å². The minimum absolute atomic E-state index is 0.187. The van der Waals surface area contributed by atoms with Crippen LogP contribution in [0.3, 0.4) is 0 Å². The van der Waals surface area contributed by atoms with Crippen LogP contribution >= 0.6 is 0 Å². The Bertz CT molecular complexity index is 78.5. The summed E-state index contributed by atoms with van der Waals surface area (Å²) in [5, 5.41) is 8.47. The van der Waals surface area contributed by atoms with Gasteiger partial charge in [0, 0.05) is 19.8 Å². The molecular weight excluding hydrogens is 142 g/mol. The van der Waals surface area contributed by atoms with Crippen LogP contribution in [0.4, 0.5) is 0 Å². The van der Waals surface area contributed by atoms with E-state index in [2.05, 4.69) is 6.92 Å². The minimum Gasteiger partial charge on any atom is -0.396 e. The van der Waals surface area contributed by atoms with Crippen molar-refractivity contribution in [1.82, 2.24) is 0 Å². The fraction of sp³-hybridized carbons (Fsp3) is 1.00. The SMILES string of the molecule is CCCC(CN)OCCCO. The third kappa shape index (κ3) is 6.28. The molecule has 0 aromatic rings. The Hall–Kier alpha value is -0.120. The lowest BCUT2D eigenvalue weighted by Crippen LogP contribution is -2.24. The highest BCUT2D eigenvalue weighted by Gasteiger charge is 2.03. The number of ether oxygens (including phenoxy) is 1. The number of aliphatic hydroxyl groups excluding tert-OH is 1. The van der Waals surface area contributed by atoms with E-state index in [0.717, 1.165) is 12.8 Å². The van der Waals surface area contributed by atoms with Crippen molar-refractivity contribution in [3.8, 4) is 0 Å². The number of aliphatic hydroxyl groups is 1. The predicted octanol–water partition coefficient (Wildman–Crippen LogP) is 0.513. The van der Waals surface area contributed by atoms with Gasteiger partial charge in [-0.05, 0) is 12.8 Å². The first-order valence-electron chi connectivity index (χ1n) is 4.27. The number of hydrogen-bond donors (Lipinski definition) is 2. The van der Waals surface area contributed by atoms with E-state index >= 15 is 0 Å². The Morgan fingerprint density at radius 1 is 1.55 bits per heavy atom. The van der Waals surface area contributed by atoms with E-state index < -0.39 is 0 Å². The average molecular weight is 161 g/mol. The molecule has 0 fully saturated rings. The fourth-order valence-corrected chi connectivity index (χ4v) is 0.906. The van der Waals surface area contributed by atoms with Gasteiger partial charge in [-0.3, -0.25) is 0 Å². The third-order valence-corrected chi connectivity index (χ3v) is 1.53. The summed E-state index contributed by atoms with van der Waals surface area (Å²) in [5.74, 6) is 0. The van der Waals surface area contributed by atoms with Gasteiger partial charge >= 0.3 is 0 Å². The quantitative estimate of drug-likeness (QED) is 0.535. The highest BCUT2D eigenvalue weighted by Crippen LogP contribution is 2.00. The van der Waals surface area contributed by atoms with Crippen LogP contribution in [0.15, 0.2) is 0 Å². The first-order valence-corrected chi connectivity index (χ1v) is 4.27. The molecular formula is C8H19NO2. The molecule has 0 aliphatic heterocycles. The Morgan fingerprint density at radius 3 is 2.73 bits per heavy atom. The van der Waals surface area contributed by atoms with Crippen LogP contribution < -0.4 is 5.73 Å². The van der Waals surface area contributed by atoms with Gasteiger partial charge in [-0.2, -0.15) is 0 Å². The van der Waals surface area contributed by atoms with Crippen molar-refractivity contribution >= 4 is 0 Å². The number of rotatable bonds is 7. The van der Waals surface area contributed by atoms with Gasteiger partial charge in [0.15, 0.2) is 0 Å². The standard InChI is InChI=1S/C8H19NO2/c1-2-4-8(7-9)11-6-3-5-10/h8,10H,2-7,9H2,1H3. The molecule has 0 heterocycles. The van der Waals surface area contributed by atoms with Crippen LogP contribution in [0.1, 0.15) is 26.2 Å². The second-order valence-corrected chi connectivity index (χ2v) is 2.59. The lowest BCUT2D eigenvalue weighted by molar-refractivity contribution is 0.0439. The monoisotopic (exact) mass is 161 g/mol. The van der Waals surface area contributed by atoms with Gasteiger partial charge in [-0.25, -0.2) is 0 Å². The first kappa shape index (κ1) is 10.9. The Labute approximate surface area is 68.5 Å². The molecule has 0 aliphatic rings. The minimum atomic E-state index is 0.187. The van der Waals surface area contributed by atoms with Gasteiger partial charge in [0.1, 0.15) is 0 Å². The molecule has 0 spiro atoms. The van der Waals surface area contributed by atoms with Gasteiger partial charge in [-0.1, -0.05) is 13.3 Å². The zero-order chi connectivity index (χ0) is 8.53. The predicted molar refractivity (Wildman–Crippen MR) is 45.4 cm³/mol. The molecule has 0 rings (SSSR count). The van der Waals surface area contributed by atoms with Crippen LogP contribution in [-0.4, -0.2) is 31.0 Å². The molecule has 3 N–H and O–H groups in total. The molecule has 0 bridgehead atoms. The van der Waals surface area contributed by atoms with Crippen molar-refractivity contribution in [2.24, 2.45) is 5.73 Å². The summed E-state index contributed by atoms with van der Waals surface area (Å²) in [7, 11) is 0. The van der Waals surface area contributed by atoms with Crippen molar-refractivity contribution in [2.75, 3.05) is 19.8 Å². The molecule has 0 aliphatic carbocycles. The molecule has 0 amide bonds. The van der Waals surface area contributed by atoms with E-state index in [1.807, 2.05) is 0 Å². The fourth-order valence-electron chi connectivity index (χ4n) is 0.906. The zero-order valence-electron chi connectivity index (χ0n) is 7.25. The summed E-state index contributed by atoms with van der Waals surface area (Å²) in [6.07, 6.45) is 3.01. The largest absolute Gasteiger partial charge is 0.396 e. The second-order valence-electron chi connectivity index (χ2n) is 2.59. The van der Waals surface area contributed by atoms with Gasteiger partial charge in [0.2, 0.25) is 0 Å². The summed E-state index contributed by atoms with van der Waals surface area (Å²) in [4.78, 5) is 0. The summed E-state index contributed by atoms with van der Waals surface area (Å²) >= 11 is 0. The summed E-state index contributed by atoms with van der Waals surface area (Å²) < 4.78 is 5.39. The Kier molecular flexibility index (Phi) is 7.89. The van der Waals surface area contributed by atoms with Crippen molar-refractivity contribution in [2.45, 2.75) is 32.3 Å². The zero-order valence-corrected chi connectivity index (χ0v) is 7.25. The topological polar surface area (TPSA) is 55.5 Å². The highest BCUT2D eigenvalue weighted by molar-refractivity contribution is 4.56. The molecule has 0 saturated heterocycles. The molecule has 68 valence electrons. The molecule has 3 heteroatoms. The summed E-state index contributed by atoms with van der Waals surface area (Å²) in [6.45, 7) is 3.51. The molecule has 1 unspecified atom stereocenters. The first-order chi connectivity index (χ1) is 5.35. The lowest BCUT2D eigenvalue weighted by Gasteiger charge is -2.13. The normalized spacial score (nSPS) is 13.4. The maximum absolute atomic E-state index is 8.47. The second kappa shape index (κ2) is 7.98. The van der Waals surface area contributed by atoms with E-state index in [1.165, 1.54) is 0 Å². The molecule has 0 aromatic heterocycles. The molecule has 0 saturated carbocycles. The average Bonchev–Trinajstić information content (AvgIpc) is 2.03. The van der Waals surface area contributed by atoms with Crippen LogP contribution in [0, 0.1) is 0 Å². The molecule has 11 heavy (non-hydrogen) atoms. The lowest BCUT2D eigenvalue weighted by atomic mass is 10.2. The van der Waals surface area contributed by atoms with E-state index in [0.29, 0.717) is 19.6 Å². The van der Waals surface area contributed by atoms with E-state index in [4.69, 9.17) is 15.6 Å². The van der Waals surface area contributed by atoms with E-state index in [1.54, 1.807) is 0 Å². The van der Waals surface area contributed by atoms with Crippen molar-refractivity contribution in [1.29, 1.82) is 0 Å². The van der Waals surface area contributed by atoms with E-state index in [-0.39, 0.29) is 12.7 Å². The molecule has 3 nitrogen and oxygen atoms in total. The summed E-state index contributed by atoms with van der Waals surface area (Å²) in [6, 6.07) is 0. The number of nitrogens with two attached hydrogens (primary N) is 1. The molecule has 0 radical (unpaired) electrons. The maximum atomic E-state index is 8.47. The highest BCUT2D eigenvalue weighted by atomic mass is 16.5. The van der Waals surface area contributed by atoms with Gasteiger partial charge in [0.25, 0.3) is 0 Å². The molecule has 0 aromatic carbocycles. The van der Waals surface area contributed by atoms with E-state index in [9.17, 15) is 0 Å².